The molecule has 0 spiro atoms. The number of rotatable bonds is 5. The third-order valence-corrected chi connectivity index (χ3v) is 2.99. The fraction of sp³-hybridized carbons (Fsp3) is 0.500. The Morgan fingerprint density at radius 2 is 1.83 bits per heavy atom. The van der Waals surface area contributed by atoms with E-state index >= 15 is 0 Å². The van der Waals surface area contributed by atoms with E-state index in [0.29, 0.717) is 10.6 Å². The number of hydrogen-bond donors (Lipinski definition) is 2. The molecule has 0 aliphatic rings. The average Bonchev–Trinajstić information content (AvgIpc) is 2.43. The summed E-state index contributed by atoms with van der Waals surface area (Å²) in [5, 5.41) is 13.2. The van der Waals surface area contributed by atoms with Crippen molar-refractivity contribution >= 4 is 23.7 Å². The molecule has 0 unspecified atom stereocenters. The molecule has 0 aromatic heterocycles. The largest absolute Gasteiger partial charge is 0.464 e. The van der Waals surface area contributed by atoms with E-state index in [1.165, 1.54) is 0 Å². The smallest absolute Gasteiger partial charge is 0.408 e. The SMILES string of the molecule is CCOC(=O)[C@@H](NC(=O)OC(C)(C)C)[C@@H](O)c1ccc(Cl)cc1. The van der Waals surface area contributed by atoms with E-state index in [2.05, 4.69) is 5.32 Å². The van der Waals surface area contributed by atoms with Gasteiger partial charge >= 0.3 is 12.1 Å². The van der Waals surface area contributed by atoms with Crippen molar-refractivity contribution < 1.29 is 24.2 Å². The van der Waals surface area contributed by atoms with E-state index in [1.54, 1.807) is 52.0 Å². The fourth-order valence-electron chi connectivity index (χ4n) is 1.79. The van der Waals surface area contributed by atoms with Gasteiger partial charge in [-0.2, -0.15) is 0 Å². The summed E-state index contributed by atoms with van der Waals surface area (Å²) in [6.45, 7) is 6.85. The summed E-state index contributed by atoms with van der Waals surface area (Å²) < 4.78 is 10.0. The van der Waals surface area contributed by atoms with Gasteiger partial charge in [-0.1, -0.05) is 23.7 Å². The van der Waals surface area contributed by atoms with Gasteiger partial charge in [0.2, 0.25) is 0 Å². The van der Waals surface area contributed by atoms with Crippen molar-refractivity contribution in [3.8, 4) is 0 Å². The molecule has 0 saturated heterocycles. The van der Waals surface area contributed by atoms with Crippen LogP contribution in [-0.2, 0) is 14.3 Å². The number of carbonyl (C=O) groups is 2. The first-order valence-electron chi connectivity index (χ1n) is 7.23. The van der Waals surface area contributed by atoms with Crippen molar-refractivity contribution in [3.63, 3.8) is 0 Å². The van der Waals surface area contributed by atoms with E-state index in [-0.39, 0.29) is 6.61 Å². The lowest BCUT2D eigenvalue weighted by atomic mass is 10.0. The molecule has 0 aliphatic carbocycles. The van der Waals surface area contributed by atoms with Crippen molar-refractivity contribution in [2.45, 2.75) is 45.4 Å². The Morgan fingerprint density at radius 3 is 2.30 bits per heavy atom. The first kappa shape index (κ1) is 19.3. The predicted molar refractivity (Wildman–Crippen MR) is 86.2 cm³/mol. The Morgan fingerprint density at radius 1 is 1.26 bits per heavy atom. The second kappa shape index (κ2) is 8.17. The Bertz CT molecular complexity index is 538. The van der Waals surface area contributed by atoms with Gasteiger partial charge in [0.15, 0.2) is 6.04 Å². The van der Waals surface area contributed by atoms with Crippen LogP contribution in [0.25, 0.3) is 0 Å². The number of carbonyl (C=O) groups excluding carboxylic acids is 2. The number of hydrogen-bond acceptors (Lipinski definition) is 5. The van der Waals surface area contributed by atoms with Crippen molar-refractivity contribution in [3.05, 3.63) is 34.9 Å². The number of nitrogens with one attached hydrogen (secondary N) is 1. The lowest BCUT2D eigenvalue weighted by Gasteiger charge is -2.25. The summed E-state index contributed by atoms with van der Waals surface area (Å²) in [5.41, 5.74) is -0.308. The van der Waals surface area contributed by atoms with Crippen molar-refractivity contribution in [1.82, 2.24) is 5.32 Å². The first-order chi connectivity index (χ1) is 10.6. The quantitative estimate of drug-likeness (QED) is 0.803. The summed E-state index contributed by atoms with van der Waals surface area (Å²) in [5.74, 6) is -0.749. The zero-order chi connectivity index (χ0) is 17.6. The molecular weight excluding hydrogens is 322 g/mol. The summed E-state index contributed by atoms with van der Waals surface area (Å²) in [6, 6.07) is 5.00. The number of benzene rings is 1. The standard InChI is InChI=1S/C16H22ClNO5/c1-5-22-14(20)12(18-15(21)23-16(2,3)4)13(19)10-6-8-11(17)9-7-10/h6-9,12-13,19H,5H2,1-4H3,(H,18,21)/t12-,13-/m0/s1. The molecule has 1 amide bonds. The zero-order valence-electron chi connectivity index (χ0n) is 13.6. The lowest BCUT2D eigenvalue weighted by molar-refractivity contribution is -0.148. The highest BCUT2D eigenvalue weighted by molar-refractivity contribution is 6.30. The summed E-state index contributed by atoms with van der Waals surface area (Å²) in [4.78, 5) is 23.9. The van der Waals surface area contributed by atoms with E-state index in [9.17, 15) is 14.7 Å². The molecule has 23 heavy (non-hydrogen) atoms. The number of amides is 1. The molecular formula is C16H22ClNO5. The van der Waals surface area contributed by atoms with Gasteiger partial charge in [-0.3, -0.25) is 0 Å². The van der Waals surface area contributed by atoms with Gasteiger partial charge in [0, 0.05) is 5.02 Å². The normalized spacial score (nSPS) is 13.8. The van der Waals surface area contributed by atoms with Crippen LogP contribution < -0.4 is 5.32 Å². The van der Waals surface area contributed by atoms with Crippen LogP contribution >= 0.6 is 11.6 Å². The Labute approximate surface area is 140 Å². The van der Waals surface area contributed by atoms with Crippen LogP contribution in [0.5, 0.6) is 0 Å². The third kappa shape index (κ3) is 6.46. The third-order valence-electron chi connectivity index (χ3n) is 2.74. The minimum absolute atomic E-state index is 0.124. The molecule has 2 N–H and O–H groups in total. The van der Waals surface area contributed by atoms with Gasteiger partial charge in [-0.25, -0.2) is 9.59 Å². The number of ether oxygens (including phenoxy) is 2. The van der Waals surface area contributed by atoms with Crippen LogP contribution in [-0.4, -0.2) is 35.4 Å². The van der Waals surface area contributed by atoms with Gasteiger partial charge in [-0.15, -0.1) is 0 Å². The maximum Gasteiger partial charge on any atom is 0.408 e. The molecule has 0 radical (unpaired) electrons. The zero-order valence-corrected chi connectivity index (χ0v) is 14.4. The summed E-state index contributed by atoms with van der Waals surface area (Å²) in [6.07, 6.45) is -2.11. The molecule has 128 valence electrons. The molecule has 0 heterocycles. The summed E-state index contributed by atoms with van der Waals surface area (Å²) in [7, 11) is 0. The Balaban J connectivity index is 2.93. The van der Waals surface area contributed by atoms with Crippen molar-refractivity contribution in [2.24, 2.45) is 0 Å². The molecule has 0 fully saturated rings. The minimum atomic E-state index is -1.29. The van der Waals surface area contributed by atoms with Gasteiger partial charge < -0.3 is 19.9 Å². The molecule has 0 saturated carbocycles. The molecule has 0 aliphatic heterocycles. The highest BCUT2D eigenvalue weighted by atomic mass is 35.5. The number of esters is 1. The number of aliphatic hydroxyl groups is 1. The van der Waals surface area contributed by atoms with E-state index in [0.717, 1.165) is 0 Å². The van der Waals surface area contributed by atoms with Gasteiger partial charge in [-0.05, 0) is 45.4 Å². The topological polar surface area (TPSA) is 84.9 Å². The maximum atomic E-state index is 12.0. The van der Waals surface area contributed by atoms with Crippen molar-refractivity contribution in [1.29, 1.82) is 0 Å². The Hall–Kier alpha value is -1.79. The molecule has 0 bridgehead atoms. The minimum Gasteiger partial charge on any atom is -0.464 e. The second-order valence-corrected chi connectivity index (χ2v) is 6.31. The van der Waals surface area contributed by atoms with Crippen LogP contribution in [0.4, 0.5) is 4.79 Å². The van der Waals surface area contributed by atoms with Gasteiger partial charge in [0.05, 0.1) is 6.61 Å². The van der Waals surface area contributed by atoms with Crippen LogP contribution in [0, 0.1) is 0 Å². The number of alkyl carbamates (subject to hydrolysis) is 1. The van der Waals surface area contributed by atoms with Crippen LogP contribution in [0.2, 0.25) is 5.02 Å². The molecule has 1 rings (SSSR count). The maximum absolute atomic E-state index is 12.0. The first-order valence-corrected chi connectivity index (χ1v) is 7.61. The number of aliphatic hydroxyl groups excluding tert-OH is 1. The van der Waals surface area contributed by atoms with Gasteiger partial charge in [0.1, 0.15) is 11.7 Å². The fourth-order valence-corrected chi connectivity index (χ4v) is 1.91. The molecule has 7 heteroatoms. The summed E-state index contributed by atoms with van der Waals surface area (Å²) >= 11 is 5.80. The van der Waals surface area contributed by atoms with Crippen LogP contribution in [0.1, 0.15) is 39.4 Å². The lowest BCUT2D eigenvalue weighted by Crippen LogP contribution is -2.47. The molecule has 2 atom stereocenters. The molecule has 1 aromatic carbocycles. The van der Waals surface area contributed by atoms with E-state index < -0.39 is 29.8 Å². The molecule has 6 nitrogen and oxygen atoms in total. The average molecular weight is 344 g/mol. The second-order valence-electron chi connectivity index (χ2n) is 5.87. The van der Waals surface area contributed by atoms with Crippen LogP contribution in [0.15, 0.2) is 24.3 Å². The van der Waals surface area contributed by atoms with Crippen LogP contribution in [0.3, 0.4) is 0 Å². The van der Waals surface area contributed by atoms with E-state index in [1.807, 2.05) is 0 Å². The van der Waals surface area contributed by atoms with E-state index in [4.69, 9.17) is 21.1 Å². The monoisotopic (exact) mass is 343 g/mol. The van der Waals surface area contributed by atoms with Crippen molar-refractivity contribution in [2.75, 3.05) is 6.61 Å². The van der Waals surface area contributed by atoms with Gasteiger partial charge in [0.25, 0.3) is 0 Å². The Kier molecular flexibility index (Phi) is 6.84. The molecule has 1 aromatic rings. The highest BCUT2D eigenvalue weighted by Gasteiger charge is 2.32. The number of halogens is 1. The predicted octanol–water partition coefficient (Wildman–Crippen LogP) is 2.83. The highest BCUT2D eigenvalue weighted by Crippen LogP contribution is 2.21.